The summed E-state index contributed by atoms with van der Waals surface area (Å²) in [6.07, 6.45) is 4.05. The fourth-order valence-electron chi connectivity index (χ4n) is 5.34. The standard InChI is InChI=1S/C26H33N11O/c1-16-12-29-37-24(16)32-25(33-26(37)30-19-3-4-19)31-21-9-18(11-27)10-22(17(21)2)36-7-5-35(6-8-36)20-13-34(14-20)15-23(28)38/h9-10,12,19-20H,3-8,13-15H2,1-2H3,(H2,28,38)(H2,30,31,32,33). The summed E-state index contributed by atoms with van der Waals surface area (Å²) in [6, 6.07) is 7.04. The summed E-state index contributed by atoms with van der Waals surface area (Å²) >= 11 is 0. The number of likely N-dealkylation sites (tertiary alicyclic amines) is 1. The number of aryl methyl sites for hydroxylation is 1. The first-order valence-corrected chi connectivity index (χ1v) is 13.2. The number of rotatable bonds is 8. The minimum Gasteiger partial charge on any atom is -0.369 e. The number of amides is 1. The lowest BCUT2D eigenvalue weighted by Gasteiger charge is -2.48. The van der Waals surface area contributed by atoms with Crippen molar-refractivity contribution in [2.75, 3.05) is 61.3 Å². The largest absolute Gasteiger partial charge is 0.369 e. The quantitative estimate of drug-likeness (QED) is 0.401. The number of carbonyl (C=O) groups excluding carboxylic acids is 1. The number of primary amides is 1. The summed E-state index contributed by atoms with van der Waals surface area (Å²) in [5, 5.41) is 21.1. The second-order valence-electron chi connectivity index (χ2n) is 10.6. The molecule has 0 unspecified atom stereocenters. The molecule has 0 bridgehead atoms. The summed E-state index contributed by atoms with van der Waals surface area (Å²) in [6.45, 7) is 9.78. The fourth-order valence-corrected chi connectivity index (χ4v) is 5.34. The Balaban J connectivity index is 1.20. The molecule has 3 fully saturated rings. The number of hydrogen-bond acceptors (Lipinski definition) is 10. The Morgan fingerprint density at radius 1 is 1.16 bits per heavy atom. The second-order valence-corrected chi connectivity index (χ2v) is 10.6. The zero-order chi connectivity index (χ0) is 26.4. The van der Waals surface area contributed by atoms with Crippen LogP contribution in [0.15, 0.2) is 18.3 Å². The van der Waals surface area contributed by atoms with Gasteiger partial charge in [0.05, 0.1) is 24.4 Å². The van der Waals surface area contributed by atoms with Crippen molar-refractivity contribution in [2.24, 2.45) is 5.73 Å². The maximum absolute atomic E-state index is 11.2. The van der Waals surface area contributed by atoms with Crippen molar-refractivity contribution in [1.82, 2.24) is 29.4 Å². The molecule has 0 radical (unpaired) electrons. The molecule has 1 aliphatic carbocycles. The van der Waals surface area contributed by atoms with Gasteiger partial charge in [0, 0.05) is 68.3 Å². The first kappa shape index (κ1) is 24.4. The molecule has 3 aromatic rings. The molecule has 2 aliphatic heterocycles. The first-order chi connectivity index (χ1) is 18.4. The van der Waals surface area contributed by atoms with E-state index in [1.54, 1.807) is 10.7 Å². The zero-order valence-corrected chi connectivity index (χ0v) is 21.8. The summed E-state index contributed by atoms with van der Waals surface area (Å²) < 4.78 is 1.75. The van der Waals surface area contributed by atoms with Crippen LogP contribution in [0.1, 0.15) is 29.5 Å². The van der Waals surface area contributed by atoms with Crippen LogP contribution in [0, 0.1) is 25.2 Å². The molecule has 6 rings (SSSR count). The van der Waals surface area contributed by atoms with E-state index >= 15 is 0 Å². The average Bonchev–Trinajstić information content (AvgIpc) is 3.62. The number of piperazine rings is 1. The van der Waals surface area contributed by atoms with E-state index in [2.05, 4.69) is 43.4 Å². The summed E-state index contributed by atoms with van der Waals surface area (Å²) in [4.78, 5) is 27.5. The van der Waals surface area contributed by atoms with E-state index in [1.165, 1.54) is 0 Å². The fraction of sp³-hybridized carbons (Fsp3) is 0.500. The lowest BCUT2D eigenvalue weighted by Crippen LogP contribution is -2.64. The van der Waals surface area contributed by atoms with Crippen LogP contribution < -0.4 is 21.3 Å². The first-order valence-electron chi connectivity index (χ1n) is 13.2. The third kappa shape index (κ3) is 4.82. The maximum atomic E-state index is 11.2. The van der Waals surface area contributed by atoms with Crippen molar-refractivity contribution in [2.45, 2.75) is 38.8 Å². The highest BCUT2D eigenvalue weighted by Crippen LogP contribution is 2.32. The number of nitrogens with one attached hydrogen (secondary N) is 2. The monoisotopic (exact) mass is 515 g/mol. The van der Waals surface area contributed by atoms with Crippen molar-refractivity contribution in [3.8, 4) is 6.07 Å². The van der Waals surface area contributed by atoms with E-state index in [1.807, 2.05) is 19.1 Å². The number of benzene rings is 1. The van der Waals surface area contributed by atoms with Gasteiger partial charge in [-0.1, -0.05) is 0 Å². The van der Waals surface area contributed by atoms with Gasteiger partial charge in [-0.25, -0.2) is 0 Å². The molecule has 1 aromatic carbocycles. The minimum atomic E-state index is -0.272. The second kappa shape index (κ2) is 9.74. The highest BCUT2D eigenvalue weighted by molar-refractivity contribution is 5.76. The highest BCUT2D eigenvalue weighted by Gasteiger charge is 2.34. The Kier molecular flexibility index (Phi) is 6.25. The van der Waals surface area contributed by atoms with E-state index in [0.717, 1.165) is 80.3 Å². The highest BCUT2D eigenvalue weighted by atomic mass is 16.1. The van der Waals surface area contributed by atoms with Gasteiger partial charge in [0.2, 0.25) is 17.8 Å². The van der Waals surface area contributed by atoms with Gasteiger partial charge in [0.1, 0.15) is 0 Å². The van der Waals surface area contributed by atoms with Crippen LogP contribution >= 0.6 is 0 Å². The van der Waals surface area contributed by atoms with E-state index in [-0.39, 0.29) is 5.91 Å². The molecule has 12 heteroatoms. The normalized spacial score (nSPS) is 18.8. The lowest BCUT2D eigenvalue weighted by molar-refractivity contribution is -0.121. The zero-order valence-electron chi connectivity index (χ0n) is 21.8. The lowest BCUT2D eigenvalue weighted by atomic mass is 10.0. The number of aromatic nitrogens is 4. The SMILES string of the molecule is Cc1c(Nc2nc(NC3CC3)n3ncc(C)c3n2)cc(C#N)cc1N1CCN(C2CN(CC(N)=O)C2)CC1. The van der Waals surface area contributed by atoms with E-state index in [9.17, 15) is 10.1 Å². The van der Waals surface area contributed by atoms with Crippen LogP contribution in [0.5, 0.6) is 0 Å². The van der Waals surface area contributed by atoms with Gasteiger partial charge < -0.3 is 21.3 Å². The summed E-state index contributed by atoms with van der Waals surface area (Å²) in [7, 11) is 0. The van der Waals surface area contributed by atoms with Gasteiger partial charge in [0.25, 0.3) is 0 Å². The maximum Gasteiger partial charge on any atom is 0.232 e. The number of carbonyl (C=O) groups is 1. The topological polar surface area (TPSA) is 144 Å². The minimum absolute atomic E-state index is 0.272. The van der Waals surface area contributed by atoms with E-state index in [4.69, 9.17) is 15.7 Å². The van der Waals surface area contributed by atoms with Crippen molar-refractivity contribution in [3.05, 3.63) is 35.0 Å². The molecule has 4 heterocycles. The van der Waals surface area contributed by atoms with Crippen molar-refractivity contribution in [3.63, 3.8) is 0 Å². The Bertz CT molecular complexity index is 1410. The molecule has 38 heavy (non-hydrogen) atoms. The van der Waals surface area contributed by atoms with Gasteiger partial charge >= 0.3 is 0 Å². The molecule has 0 atom stereocenters. The molecular formula is C26H33N11O. The van der Waals surface area contributed by atoms with Gasteiger partial charge in [-0.05, 0) is 44.4 Å². The average molecular weight is 516 g/mol. The van der Waals surface area contributed by atoms with Crippen LogP contribution in [0.2, 0.25) is 0 Å². The smallest absolute Gasteiger partial charge is 0.232 e. The van der Waals surface area contributed by atoms with Crippen molar-refractivity contribution >= 4 is 34.8 Å². The number of hydrogen-bond donors (Lipinski definition) is 3. The van der Waals surface area contributed by atoms with Crippen LogP contribution in [0.4, 0.5) is 23.3 Å². The molecule has 1 saturated carbocycles. The predicted molar refractivity (Wildman–Crippen MR) is 145 cm³/mol. The third-order valence-electron chi connectivity index (χ3n) is 7.70. The molecule has 3 aliphatic rings. The van der Waals surface area contributed by atoms with Crippen LogP contribution in [0.3, 0.4) is 0 Å². The Morgan fingerprint density at radius 2 is 1.92 bits per heavy atom. The Morgan fingerprint density at radius 3 is 2.61 bits per heavy atom. The predicted octanol–water partition coefficient (Wildman–Crippen LogP) is 1.22. The van der Waals surface area contributed by atoms with Crippen LogP contribution in [-0.2, 0) is 4.79 Å². The number of anilines is 4. The van der Waals surface area contributed by atoms with Gasteiger partial charge in [-0.15, -0.1) is 0 Å². The van der Waals surface area contributed by atoms with Crippen LogP contribution in [-0.4, -0.2) is 93.2 Å². The van der Waals surface area contributed by atoms with E-state index in [0.29, 0.717) is 36.1 Å². The Hall–Kier alpha value is -3.95. The number of nitrogens with zero attached hydrogens (tertiary/aromatic N) is 8. The Labute approximate surface area is 221 Å². The van der Waals surface area contributed by atoms with E-state index < -0.39 is 0 Å². The molecule has 198 valence electrons. The molecule has 12 nitrogen and oxygen atoms in total. The number of fused-ring (bicyclic) bond motifs is 1. The van der Waals surface area contributed by atoms with Crippen molar-refractivity contribution in [1.29, 1.82) is 5.26 Å². The molecule has 2 aromatic heterocycles. The summed E-state index contributed by atoms with van der Waals surface area (Å²) in [5.74, 6) is 0.874. The number of nitrogens with two attached hydrogens (primary N) is 1. The molecule has 4 N–H and O–H groups in total. The third-order valence-corrected chi connectivity index (χ3v) is 7.70. The summed E-state index contributed by atoms with van der Waals surface area (Å²) in [5.41, 5.74) is 10.6. The number of nitriles is 1. The molecule has 0 spiro atoms. The molecule has 2 saturated heterocycles. The van der Waals surface area contributed by atoms with Crippen LogP contribution in [0.25, 0.3) is 5.65 Å². The molecule has 1 amide bonds. The van der Waals surface area contributed by atoms with Crippen molar-refractivity contribution < 1.29 is 4.79 Å². The van der Waals surface area contributed by atoms with Gasteiger partial charge in [-0.2, -0.15) is 24.8 Å². The van der Waals surface area contributed by atoms with Gasteiger partial charge in [0.15, 0.2) is 5.65 Å². The van der Waals surface area contributed by atoms with Gasteiger partial charge in [-0.3, -0.25) is 14.6 Å². The molecular weight excluding hydrogens is 482 g/mol.